The first-order chi connectivity index (χ1) is 13.8. The van der Waals surface area contributed by atoms with Crippen LogP contribution in [0.4, 0.5) is 0 Å². The molecule has 0 fully saturated rings. The Labute approximate surface area is 168 Å². The van der Waals surface area contributed by atoms with E-state index in [4.69, 9.17) is 4.52 Å². The summed E-state index contributed by atoms with van der Waals surface area (Å²) in [5.74, 6) is 0.859. The molecule has 0 amide bonds. The van der Waals surface area contributed by atoms with Crippen LogP contribution in [0, 0.1) is 0 Å². The van der Waals surface area contributed by atoms with Gasteiger partial charge in [-0.05, 0) is 0 Å². The molecule has 0 saturated carbocycles. The zero-order chi connectivity index (χ0) is 21.4. The van der Waals surface area contributed by atoms with Crippen LogP contribution in [0.3, 0.4) is 0 Å². The monoisotopic (exact) mass is 429 g/mol. The van der Waals surface area contributed by atoms with Gasteiger partial charge in [-0.15, -0.1) is 0 Å². The third-order valence-electron chi connectivity index (χ3n) is 4.29. The first kappa shape index (κ1) is 23.2. The maximum absolute atomic E-state index is 12.2. The van der Waals surface area contributed by atoms with Crippen molar-refractivity contribution in [1.29, 1.82) is 0 Å². The number of hydrogen-bond acceptors (Lipinski definition) is 8. The second-order valence-electron chi connectivity index (χ2n) is 6.34. The van der Waals surface area contributed by atoms with E-state index < -0.39 is 13.6 Å². The molecule has 2 aromatic heterocycles. The molecule has 12 heteroatoms. The van der Waals surface area contributed by atoms with Crippen molar-refractivity contribution in [2.75, 3.05) is 33.0 Å². The number of rotatable bonds is 12. The second kappa shape index (κ2) is 10.6. The van der Waals surface area contributed by atoms with E-state index in [0.717, 1.165) is 5.82 Å². The summed E-state index contributed by atoms with van der Waals surface area (Å²) < 4.78 is 23.2. The van der Waals surface area contributed by atoms with Crippen molar-refractivity contribution in [3.8, 4) is 0 Å². The number of nitrogens with zero attached hydrogens (tertiary/aromatic N) is 3. The number of aryl methyl sites for hydroxylation is 2. The van der Waals surface area contributed by atoms with E-state index in [1.54, 1.807) is 0 Å². The molecular formula is C17H28N5O6P. The lowest BCUT2D eigenvalue weighted by Crippen LogP contribution is -2.24. The minimum atomic E-state index is -3.78. The van der Waals surface area contributed by atoms with Crippen LogP contribution in [0.1, 0.15) is 31.9 Å². The molecule has 3 N–H and O–H groups in total. The summed E-state index contributed by atoms with van der Waals surface area (Å²) in [6.45, 7) is 4.96. The van der Waals surface area contributed by atoms with Gasteiger partial charge < -0.3 is 29.0 Å². The predicted molar refractivity (Wildman–Crippen MR) is 107 cm³/mol. The molecule has 0 bridgehead atoms. The Morgan fingerprint density at radius 1 is 1.28 bits per heavy atom. The fraction of sp³-hybridized carbons (Fsp3) is 0.647. The zero-order valence-electron chi connectivity index (χ0n) is 16.9. The van der Waals surface area contributed by atoms with Crippen molar-refractivity contribution < 1.29 is 23.5 Å². The van der Waals surface area contributed by atoms with Crippen molar-refractivity contribution in [2.45, 2.75) is 39.7 Å². The average Bonchev–Trinajstić information content (AvgIpc) is 3.05. The molecule has 29 heavy (non-hydrogen) atoms. The highest BCUT2D eigenvalue weighted by atomic mass is 31.2. The number of imidazole rings is 1. The number of aromatic amines is 1. The first-order valence-electron chi connectivity index (χ1n) is 9.53. The van der Waals surface area contributed by atoms with Gasteiger partial charge in [-0.1, -0.05) is 13.8 Å². The number of aromatic nitrogens is 4. The molecule has 1 atom stereocenters. The Hall–Kier alpha value is -2.07. The molecule has 0 aliphatic rings. The van der Waals surface area contributed by atoms with E-state index in [2.05, 4.69) is 25.0 Å². The van der Waals surface area contributed by atoms with Gasteiger partial charge in [0.05, 0.1) is 26.3 Å². The third-order valence-corrected chi connectivity index (χ3v) is 5.67. The fourth-order valence-electron chi connectivity index (χ4n) is 2.75. The SMILES string of the molecule is CCc1nc2c(nc(CC)n2CCNCCP(=O)(O)OCCC(=O)OC)c(=O)[nH]1. The van der Waals surface area contributed by atoms with E-state index in [1.807, 2.05) is 18.4 Å². The molecule has 2 rings (SSSR count). The third kappa shape index (κ3) is 6.46. The molecule has 0 aliphatic carbocycles. The Morgan fingerprint density at radius 3 is 2.69 bits per heavy atom. The number of H-pyrrole nitrogens is 1. The standard InChI is InChI=1S/C17H28N5O6P/c1-4-12-19-16-15(17(24)20-12)21-13(5-2)22(16)9-7-18-8-11-29(25,26)28-10-6-14(23)27-3/h18H,4-11H2,1-3H3,(H,25,26)(H,19,20,24). The molecule has 0 aromatic carbocycles. The number of carbonyl (C=O) groups is 1. The largest absolute Gasteiger partial charge is 0.469 e. The molecule has 1 unspecified atom stereocenters. The van der Waals surface area contributed by atoms with E-state index in [9.17, 15) is 19.0 Å². The van der Waals surface area contributed by atoms with Crippen molar-refractivity contribution in [1.82, 2.24) is 24.8 Å². The molecule has 0 aliphatic heterocycles. The van der Waals surface area contributed by atoms with Gasteiger partial charge in [-0.2, -0.15) is 0 Å². The van der Waals surface area contributed by atoms with E-state index in [1.165, 1.54) is 7.11 Å². The van der Waals surface area contributed by atoms with Gasteiger partial charge in [0.2, 0.25) is 0 Å². The van der Waals surface area contributed by atoms with Crippen LogP contribution in [-0.4, -0.2) is 63.3 Å². The molecule has 0 radical (unpaired) electrons. The topological polar surface area (TPSA) is 148 Å². The summed E-state index contributed by atoms with van der Waals surface area (Å²) >= 11 is 0. The zero-order valence-corrected chi connectivity index (χ0v) is 17.8. The summed E-state index contributed by atoms with van der Waals surface area (Å²) in [5.41, 5.74) is 0.611. The molecule has 162 valence electrons. The smallest absolute Gasteiger partial charge is 0.329 e. The molecule has 0 spiro atoms. The van der Waals surface area contributed by atoms with Crippen molar-refractivity contribution in [3.63, 3.8) is 0 Å². The van der Waals surface area contributed by atoms with Gasteiger partial charge in [-0.3, -0.25) is 14.2 Å². The van der Waals surface area contributed by atoms with Gasteiger partial charge >= 0.3 is 13.6 Å². The fourth-order valence-corrected chi connectivity index (χ4v) is 3.69. The number of nitrogens with one attached hydrogen (secondary N) is 2. The number of carbonyl (C=O) groups excluding carboxylic acids is 1. The Bertz CT molecular complexity index is 940. The minimum absolute atomic E-state index is 0.0755. The van der Waals surface area contributed by atoms with Crippen LogP contribution in [-0.2, 0) is 38.0 Å². The highest BCUT2D eigenvalue weighted by Gasteiger charge is 2.19. The van der Waals surface area contributed by atoms with Crippen LogP contribution in [0.5, 0.6) is 0 Å². The highest BCUT2D eigenvalue weighted by molar-refractivity contribution is 7.52. The van der Waals surface area contributed by atoms with Crippen LogP contribution in [0.2, 0.25) is 0 Å². The molecule has 11 nitrogen and oxygen atoms in total. The second-order valence-corrected chi connectivity index (χ2v) is 8.32. The molecule has 2 heterocycles. The molecule has 0 saturated heterocycles. The van der Waals surface area contributed by atoms with E-state index in [0.29, 0.717) is 42.9 Å². The Balaban J connectivity index is 1.89. The van der Waals surface area contributed by atoms with Crippen molar-refractivity contribution >= 4 is 24.7 Å². The van der Waals surface area contributed by atoms with Gasteiger partial charge in [0.25, 0.3) is 5.56 Å². The minimum Gasteiger partial charge on any atom is -0.469 e. The summed E-state index contributed by atoms with van der Waals surface area (Å²) in [6.07, 6.45) is 1.10. The first-order valence-corrected chi connectivity index (χ1v) is 11.3. The van der Waals surface area contributed by atoms with Crippen LogP contribution in [0.15, 0.2) is 4.79 Å². The van der Waals surface area contributed by atoms with Crippen LogP contribution >= 0.6 is 7.60 Å². The van der Waals surface area contributed by atoms with Crippen molar-refractivity contribution in [2.24, 2.45) is 0 Å². The van der Waals surface area contributed by atoms with Gasteiger partial charge in [-0.25, -0.2) is 9.97 Å². The molecule has 2 aromatic rings. The Kier molecular flexibility index (Phi) is 8.51. The number of esters is 1. The van der Waals surface area contributed by atoms with E-state index in [-0.39, 0.29) is 31.3 Å². The lowest BCUT2D eigenvalue weighted by Gasteiger charge is -2.13. The normalized spacial score (nSPS) is 13.5. The average molecular weight is 429 g/mol. The number of ether oxygens (including phenoxy) is 1. The molecular weight excluding hydrogens is 401 g/mol. The van der Waals surface area contributed by atoms with Crippen LogP contribution in [0.25, 0.3) is 11.2 Å². The van der Waals surface area contributed by atoms with Crippen molar-refractivity contribution in [3.05, 3.63) is 22.0 Å². The highest BCUT2D eigenvalue weighted by Crippen LogP contribution is 2.41. The summed E-state index contributed by atoms with van der Waals surface area (Å²) in [5, 5.41) is 3.08. The number of fused-ring (bicyclic) bond motifs is 1. The lowest BCUT2D eigenvalue weighted by molar-refractivity contribution is -0.141. The van der Waals surface area contributed by atoms with E-state index >= 15 is 0 Å². The van der Waals surface area contributed by atoms with Crippen LogP contribution < -0.4 is 10.9 Å². The lowest BCUT2D eigenvalue weighted by atomic mass is 10.4. The maximum Gasteiger partial charge on any atom is 0.329 e. The Morgan fingerprint density at radius 2 is 2.03 bits per heavy atom. The quantitative estimate of drug-likeness (QED) is 0.250. The van der Waals surface area contributed by atoms with Gasteiger partial charge in [0.15, 0.2) is 11.2 Å². The summed E-state index contributed by atoms with van der Waals surface area (Å²) in [6, 6.07) is 0. The summed E-state index contributed by atoms with van der Waals surface area (Å²) in [4.78, 5) is 44.6. The number of hydrogen-bond donors (Lipinski definition) is 3. The maximum atomic E-state index is 12.2. The number of methoxy groups -OCH3 is 1. The van der Waals surface area contributed by atoms with Gasteiger partial charge in [0, 0.05) is 32.5 Å². The predicted octanol–water partition coefficient (Wildman–Crippen LogP) is 0.599. The summed E-state index contributed by atoms with van der Waals surface area (Å²) in [7, 11) is -2.54. The van der Waals surface area contributed by atoms with Gasteiger partial charge in [0.1, 0.15) is 11.6 Å².